The number of rotatable bonds is 4. The third-order valence-corrected chi connectivity index (χ3v) is 4.05. The molecular weight excluding hydrogens is 344 g/mol. The summed E-state index contributed by atoms with van der Waals surface area (Å²) in [7, 11) is 3.11. The number of hydrogen-bond acceptors (Lipinski definition) is 7. The maximum atomic E-state index is 6.15. The van der Waals surface area contributed by atoms with Gasteiger partial charge in [-0.3, -0.25) is 0 Å². The summed E-state index contributed by atoms with van der Waals surface area (Å²) in [6.07, 6.45) is 0. The number of fused-ring (bicyclic) bond motifs is 3. The van der Waals surface area contributed by atoms with Gasteiger partial charge in [-0.2, -0.15) is 4.52 Å². The molecule has 126 valence electrons. The maximum absolute atomic E-state index is 6.15. The predicted octanol–water partition coefficient (Wildman–Crippen LogP) is 3.09. The molecule has 0 bridgehead atoms. The first-order chi connectivity index (χ1) is 12.2. The topological polar surface area (TPSA) is 86.5 Å². The van der Waals surface area contributed by atoms with Crippen LogP contribution in [0.25, 0.3) is 16.7 Å². The summed E-state index contributed by atoms with van der Waals surface area (Å²) >= 11 is 6.15. The van der Waals surface area contributed by atoms with E-state index in [0.29, 0.717) is 33.7 Å². The minimum Gasteiger partial charge on any atom is -0.495 e. The van der Waals surface area contributed by atoms with Crippen LogP contribution in [0.4, 0.5) is 11.5 Å². The molecule has 2 aromatic carbocycles. The molecule has 1 N–H and O–H groups in total. The lowest BCUT2D eigenvalue weighted by atomic mass is 10.2. The lowest BCUT2D eigenvalue weighted by Gasteiger charge is -2.14. The smallest absolute Gasteiger partial charge is 0.222 e. The first-order valence-corrected chi connectivity index (χ1v) is 7.74. The van der Waals surface area contributed by atoms with Gasteiger partial charge in [0.1, 0.15) is 11.5 Å². The molecule has 4 aromatic rings. The van der Waals surface area contributed by atoms with Crippen molar-refractivity contribution in [2.45, 2.75) is 0 Å². The molecule has 0 atom stereocenters. The van der Waals surface area contributed by atoms with Crippen molar-refractivity contribution in [1.29, 1.82) is 0 Å². The molecule has 0 aliphatic heterocycles. The van der Waals surface area contributed by atoms with Crippen molar-refractivity contribution in [3.63, 3.8) is 0 Å². The van der Waals surface area contributed by atoms with Crippen molar-refractivity contribution in [2.75, 3.05) is 19.5 Å². The van der Waals surface area contributed by atoms with E-state index in [2.05, 4.69) is 25.8 Å². The average Bonchev–Trinajstić information content (AvgIpc) is 3.13. The largest absolute Gasteiger partial charge is 0.495 e. The molecule has 2 heterocycles. The van der Waals surface area contributed by atoms with Gasteiger partial charge in [-0.1, -0.05) is 23.7 Å². The maximum Gasteiger partial charge on any atom is 0.222 e. The van der Waals surface area contributed by atoms with Gasteiger partial charge in [0, 0.05) is 12.1 Å². The molecule has 0 saturated carbocycles. The normalized spacial score (nSPS) is 11.0. The Kier molecular flexibility index (Phi) is 3.73. The predicted molar refractivity (Wildman–Crippen MR) is 93.9 cm³/mol. The monoisotopic (exact) mass is 356 g/mol. The molecule has 0 radical (unpaired) electrons. The highest BCUT2D eigenvalue weighted by Crippen LogP contribution is 2.37. The quantitative estimate of drug-likeness (QED) is 0.601. The van der Waals surface area contributed by atoms with Crippen molar-refractivity contribution >= 4 is 39.8 Å². The number of hydrogen-bond donors (Lipinski definition) is 1. The Morgan fingerprint density at radius 2 is 1.88 bits per heavy atom. The lowest BCUT2D eigenvalue weighted by molar-refractivity contribution is 0.405. The highest BCUT2D eigenvalue weighted by atomic mass is 35.5. The highest BCUT2D eigenvalue weighted by Gasteiger charge is 2.15. The second kappa shape index (κ2) is 6.06. The molecule has 25 heavy (non-hydrogen) atoms. The van der Waals surface area contributed by atoms with Gasteiger partial charge in [-0.15, -0.1) is 5.10 Å². The van der Waals surface area contributed by atoms with Crippen LogP contribution in [0.15, 0.2) is 36.4 Å². The van der Waals surface area contributed by atoms with Crippen LogP contribution in [-0.4, -0.2) is 39.2 Å². The van der Waals surface area contributed by atoms with Crippen LogP contribution in [0.2, 0.25) is 5.02 Å². The van der Waals surface area contributed by atoms with Gasteiger partial charge in [-0.05, 0) is 22.6 Å². The van der Waals surface area contributed by atoms with E-state index in [4.69, 9.17) is 21.1 Å². The molecule has 0 aliphatic rings. The Morgan fingerprint density at radius 3 is 2.68 bits per heavy atom. The summed E-state index contributed by atoms with van der Waals surface area (Å²) < 4.78 is 12.3. The minimum absolute atomic E-state index is 0.450. The Balaban J connectivity index is 1.89. The first kappa shape index (κ1) is 15.4. The van der Waals surface area contributed by atoms with E-state index in [1.807, 2.05) is 24.3 Å². The fourth-order valence-electron chi connectivity index (χ4n) is 2.57. The van der Waals surface area contributed by atoms with Gasteiger partial charge < -0.3 is 14.8 Å². The van der Waals surface area contributed by atoms with Gasteiger partial charge >= 0.3 is 0 Å². The van der Waals surface area contributed by atoms with Crippen LogP contribution < -0.4 is 14.8 Å². The van der Waals surface area contributed by atoms with E-state index in [-0.39, 0.29) is 0 Å². The number of anilines is 2. The van der Waals surface area contributed by atoms with Crippen LogP contribution in [0.1, 0.15) is 0 Å². The number of methoxy groups -OCH3 is 2. The number of halogens is 1. The van der Waals surface area contributed by atoms with Crippen molar-refractivity contribution in [3.8, 4) is 11.5 Å². The van der Waals surface area contributed by atoms with Gasteiger partial charge in [0.15, 0.2) is 5.82 Å². The van der Waals surface area contributed by atoms with E-state index in [1.165, 1.54) is 0 Å². The number of aromatic nitrogens is 5. The number of nitrogens with one attached hydrogen (secondary N) is 1. The third-order valence-electron chi connectivity index (χ3n) is 3.75. The summed E-state index contributed by atoms with van der Waals surface area (Å²) in [5.41, 5.74) is 2.70. The van der Waals surface area contributed by atoms with Crippen molar-refractivity contribution < 1.29 is 9.47 Å². The Morgan fingerprint density at radius 1 is 1.08 bits per heavy atom. The Bertz CT molecular complexity index is 1080. The van der Waals surface area contributed by atoms with Gasteiger partial charge in [0.2, 0.25) is 5.65 Å². The molecule has 4 rings (SSSR count). The molecule has 0 unspecified atom stereocenters. The molecule has 0 aliphatic carbocycles. The van der Waals surface area contributed by atoms with Gasteiger partial charge in [0.05, 0.1) is 36.0 Å². The standard InChI is InChI=1S/C16H13ClN6O2/c1-24-13-8-11(14(25-2)7-9(13)17)19-15-16-20-21-22-23(16)12-6-4-3-5-10(12)18-15/h3-8H,1-2H3,(H,18,19). The van der Waals surface area contributed by atoms with E-state index in [1.54, 1.807) is 30.9 Å². The summed E-state index contributed by atoms with van der Waals surface area (Å²) in [4.78, 5) is 4.62. The Hall–Kier alpha value is -3.13. The summed E-state index contributed by atoms with van der Waals surface area (Å²) in [6.45, 7) is 0. The Labute approximate surface area is 147 Å². The van der Waals surface area contributed by atoms with E-state index in [9.17, 15) is 0 Å². The van der Waals surface area contributed by atoms with Crippen LogP contribution in [0.5, 0.6) is 11.5 Å². The fourth-order valence-corrected chi connectivity index (χ4v) is 2.81. The van der Waals surface area contributed by atoms with Crippen molar-refractivity contribution in [3.05, 3.63) is 41.4 Å². The summed E-state index contributed by atoms with van der Waals surface area (Å²) in [5.74, 6) is 1.55. The third kappa shape index (κ3) is 2.56. The summed E-state index contributed by atoms with van der Waals surface area (Å²) in [6, 6.07) is 11.0. The van der Waals surface area contributed by atoms with Crippen LogP contribution in [0, 0.1) is 0 Å². The van der Waals surface area contributed by atoms with Crippen LogP contribution in [0.3, 0.4) is 0 Å². The molecule has 0 amide bonds. The number of para-hydroxylation sites is 2. The molecule has 9 heteroatoms. The molecule has 0 saturated heterocycles. The van der Waals surface area contributed by atoms with Gasteiger partial charge in [-0.25, -0.2) is 4.98 Å². The molecular formula is C16H13ClN6O2. The SMILES string of the molecule is COc1cc(Nc2nc3ccccc3n3nnnc23)c(OC)cc1Cl. The van der Waals surface area contributed by atoms with Crippen LogP contribution in [-0.2, 0) is 0 Å². The van der Waals surface area contributed by atoms with Crippen LogP contribution >= 0.6 is 11.6 Å². The van der Waals surface area contributed by atoms with E-state index in [0.717, 1.165) is 11.0 Å². The summed E-state index contributed by atoms with van der Waals surface area (Å²) in [5, 5.41) is 15.5. The van der Waals surface area contributed by atoms with Gasteiger partial charge in [0.25, 0.3) is 0 Å². The minimum atomic E-state index is 0.450. The first-order valence-electron chi connectivity index (χ1n) is 7.36. The number of tetrazole rings is 1. The molecule has 8 nitrogen and oxygen atoms in total. The number of ether oxygens (including phenoxy) is 2. The molecule has 2 aromatic heterocycles. The second-order valence-corrected chi connectivity index (χ2v) is 5.58. The van der Waals surface area contributed by atoms with Crippen molar-refractivity contribution in [1.82, 2.24) is 25.0 Å². The highest BCUT2D eigenvalue weighted by molar-refractivity contribution is 6.32. The fraction of sp³-hybridized carbons (Fsp3) is 0.125. The molecule has 0 fully saturated rings. The number of benzene rings is 2. The van der Waals surface area contributed by atoms with Crippen molar-refractivity contribution in [2.24, 2.45) is 0 Å². The lowest BCUT2D eigenvalue weighted by Crippen LogP contribution is -2.02. The number of nitrogens with zero attached hydrogens (tertiary/aromatic N) is 5. The zero-order chi connectivity index (χ0) is 17.4. The zero-order valence-electron chi connectivity index (χ0n) is 13.4. The average molecular weight is 357 g/mol. The zero-order valence-corrected chi connectivity index (χ0v) is 14.2. The van der Waals surface area contributed by atoms with E-state index < -0.39 is 0 Å². The second-order valence-electron chi connectivity index (χ2n) is 5.18. The van der Waals surface area contributed by atoms with E-state index >= 15 is 0 Å². The molecule has 0 spiro atoms.